The number of rotatable bonds is 4. The van der Waals surface area contributed by atoms with Gasteiger partial charge in [0.2, 0.25) is 10.0 Å². The summed E-state index contributed by atoms with van der Waals surface area (Å²) < 4.78 is 39.9. The van der Waals surface area contributed by atoms with E-state index in [-0.39, 0.29) is 17.0 Å². The summed E-state index contributed by atoms with van der Waals surface area (Å²) in [5, 5.41) is 0. The van der Waals surface area contributed by atoms with Crippen molar-refractivity contribution in [2.75, 3.05) is 0 Å². The molecule has 0 saturated carbocycles. The van der Waals surface area contributed by atoms with E-state index in [1.165, 1.54) is 42.5 Å². The number of aromatic nitrogens is 2. The fraction of sp³-hybridized carbons (Fsp3) is 0.0667. The summed E-state index contributed by atoms with van der Waals surface area (Å²) in [6.07, 6.45) is 0. The lowest BCUT2D eigenvalue weighted by molar-refractivity contribution is 0.581. The fourth-order valence-electron chi connectivity index (χ4n) is 2.13. The molecule has 2 aromatic carbocycles. The number of H-pyrrole nitrogens is 2. The van der Waals surface area contributed by atoms with Gasteiger partial charge in [0.15, 0.2) is 0 Å². The monoisotopic (exact) mass is 349 g/mol. The van der Waals surface area contributed by atoms with Crippen molar-refractivity contribution in [1.29, 1.82) is 0 Å². The molecule has 1 heterocycles. The van der Waals surface area contributed by atoms with Gasteiger partial charge in [-0.3, -0.25) is 9.59 Å². The lowest BCUT2D eigenvalue weighted by atomic mass is 10.2. The minimum Gasteiger partial charge on any atom is -0.316 e. The molecule has 0 unspecified atom stereocenters. The zero-order valence-corrected chi connectivity index (χ0v) is 13.0. The van der Waals surface area contributed by atoms with Gasteiger partial charge < -0.3 is 9.97 Å². The fourth-order valence-corrected chi connectivity index (χ4v) is 3.17. The third-order valence-corrected chi connectivity index (χ3v) is 4.78. The number of sulfonamides is 1. The van der Waals surface area contributed by atoms with Crippen LogP contribution < -0.4 is 15.8 Å². The Morgan fingerprint density at radius 2 is 1.54 bits per heavy atom. The molecule has 0 radical (unpaired) electrons. The number of fused-ring (bicyclic) bond motifs is 1. The van der Waals surface area contributed by atoms with Crippen LogP contribution in [-0.4, -0.2) is 18.4 Å². The molecular weight excluding hydrogens is 337 g/mol. The van der Waals surface area contributed by atoms with E-state index in [9.17, 15) is 22.4 Å². The normalized spacial score (nSPS) is 11.7. The van der Waals surface area contributed by atoms with E-state index >= 15 is 0 Å². The van der Waals surface area contributed by atoms with Gasteiger partial charge in [0.1, 0.15) is 5.82 Å². The van der Waals surface area contributed by atoms with Crippen LogP contribution in [0.25, 0.3) is 11.0 Å². The highest BCUT2D eigenvalue weighted by Gasteiger charge is 2.15. The highest BCUT2D eigenvalue weighted by Crippen LogP contribution is 2.15. The zero-order valence-electron chi connectivity index (χ0n) is 12.2. The van der Waals surface area contributed by atoms with Crippen molar-refractivity contribution in [2.24, 2.45) is 0 Å². The summed E-state index contributed by atoms with van der Waals surface area (Å²) >= 11 is 0. The van der Waals surface area contributed by atoms with E-state index in [1.807, 2.05) is 0 Å². The van der Waals surface area contributed by atoms with E-state index in [2.05, 4.69) is 14.7 Å². The number of benzene rings is 2. The molecule has 0 spiro atoms. The summed E-state index contributed by atoms with van der Waals surface area (Å²) in [7, 11) is -3.84. The van der Waals surface area contributed by atoms with E-state index in [1.54, 1.807) is 0 Å². The van der Waals surface area contributed by atoms with Gasteiger partial charge in [0.05, 0.1) is 15.9 Å². The number of halogens is 1. The zero-order chi connectivity index (χ0) is 17.3. The quantitative estimate of drug-likeness (QED) is 0.606. The molecule has 0 fully saturated rings. The topological polar surface area (TPSA) is 112 Å². The van der Waals surface area contributed by atoms with Crippen LogP contribution in [0.3, 0.4) is 0 Å². The maximum absolute atomic E-state index is 12.8. The Kier molecular flexibility index (Phi) is 4.04. The van der Waals surface area contributed by atoms with Crippen molar-refractivity contribution in [1.82, 2.24) is 14.7 Å². The van der Waals surface area contributed by atoms with Gasteiger partial charge in [-0.15, -0.1) is 0 Å². The molecule has 3 N–H and O–H groups in total. The number of hydrogen-bond donors (Lipinski definition) is 3. The van der Waals surface area contributed by atoms with E-state index in [0.29, 0.717) is 11.1 Å². The summed E-state index contributed by atoms with van der Waals surface area (Å²) in [6.45, 7) is -0.0111. The van der Waals surface area contributed by atoms with Gasteiger partial charge in [0, 0.05) is 6.54 Å². The third kappa shape index (κ3) is 3.26. The molecule has 1 aromatic heterocycles. The predicted octanol–water partition coefficient (Wildman–Crippen LogP) is 0.834. The maximum atomic E-state index is 12.8. The van der Waals surface area contributed by atoms with Crippen molar-refractivity contribution < 1.29 is 12.8 Å². The van der Waals surface area contributed by atoms with Gasteiger partial charge in [-0.1, -0.05) is 12.1 Å². The van der Waals surface area contributed by atoms with E-state index in [0.717, 1.165) is 0 Å². The van der Waals surface area contributed by atoms with E-state index in [4.69, 9.17) is 0 Å². The molecule has 0 saturated heterocycles. The van der Waals surface area contributed by atoms with Crippen molar-refractivity contribution in [3.05, 3.63) is 74.6 Å². The average Bonchev–Trinajstić information content (AvgIpc) is 2.55. The Bertz CT molecular complexity index is 1120. The molecule has 124 valence electrons. The summed E-state index contributed by atoms with van der Waals surface area (Å²) in [5.41, 5.74) is -0.566. The lowest BCUT2D eigenvalue weighted by Crippen LogP contribution is -2.29. The maximum Gasteiger partial charge on any atom is 0.314 e. The minimum atomic E-state index is -3.84. The molecule has 9 heteroatoms. The highest BCUT2D eigenvalue weighted by molar-refractivity contribution is 7.89. The van der Waals surface area contributed by atoms with Crippen LogP contribution in [0.4, 0.5) is 4.39 Å². The molecule has 24 heavy (non-hydrogen) atoms. The summed E-state index contributed by atoms with van der Waals surface area (Å²) in [5.74, 6) is -0.408. The SMILES string of the molecule is O=c1[nH]c2ccc(S(=O)(=O)NCc3ccc(F)cc3)cc2[nH]c1=O. The first-order valence-electron chi connectivity index (χ1n) is 6.86. The van der Waals surface area contributed by atoms with Crippen molar-refractivity contribution >= 4 is 21.1 Å². The lowest BCUT2D eigenvalue weighted by Gasteiger charge is -2.08. The highest BCUT2D eigenvalue weighted by atomic mass is 32.2. The summed E-state index contributed by atoms with van der Waals surface area (Å²) in [4.78, 5) is 27.2. The molecule has 0 bridgehead atoms. The first-order valence-corrected chi connectivity index (χ1v) is 8.34. The van der Waals surface area contributed by atoms with Crippen LogP contribution in [0.5, 0.6) is 0 Å². The van der Waals surface area contributed by atoms with Gasteiger partial charge in [-0.2, -0.15) is 0 Å². The van der Waals surface area contributed by atoms with E-state index < -0.39 is 27.0 Å². The van der Waals surface area contributed by atoms with Crippen LogP contribution in [0.15, 0.2) is 56.9 Å². The largest absolute Gasteiger partial charge is 0.316 e. The van der Waals surface area contributed by atoms with Crippen molar-refractivity contribution in [2.45, 2.75) is 11.4 Å². The Morgan fingerprint density at radius 1 is 0.917 bits per heavy atom. The Hall–Kier alpha value is -2.78. The second-order valence-electron chi connectivity index (χ2n) is 5.07. The molecular formula is C15H12FN3O4S. The van der Waals surface area contributed by atoms with Gasteiger partial charge in [-0.25, -0.2) is 17.5 Å². The number of nitrogens with one attached hydrogen (secondary N) is 3. The minimum absolute atomic E-state index is 0.0111. The Balaban J connectivity index is 1.90. The van der Waals surface area contributed by atoms with Crippen LogP contribution >= 0.6 is 0 Å². The number of aromatic amines is 2. The molecule has 7 nitrogen and oxygen atoms in total. The molecule has 0 aliphatic rings. The van der Waals surface area contributed by atoms with Crippen molar-refractivity contribution in [3.8, 4) is 0 Å². The van der Waals surface area contributed by atoms with Crippen LogP contribution in [-0.2, 0) is 16.6 Å². The van der Waals surface area contributed by atoms with Crippen LogP contribution in [0.1, 0.15) is 5.56 Å². The molecule has 0 aliphatic heterocycles. The summed E-state index contributed by atoms with van der Waals surface area (Å²) in [6, 6.07) is 9.37. The van der Waals surface area contributed by atoms with Crippen LogP contribution in [0.2, 0.25) is 0 Å². The first-order chi connectivity index (χ1) is 11.3. The number of hydrogen-bond acceptors (Lipinski definition) is 4. The van der Waals surface area contributed by atoms with Crippen molar-refractivity contribution in [3.63, 3.8) is 0 Å². The van der Waals surface area contributed by atoms with Crippen LogP contribution in [0, 0.1) is 5.82 Å². The second kappa shape index (κ2) is 6.02. The molecule has 0 aliphatic carbocycles. The smallest absolute Gasteiger partial charge is 0.314 e. The molecule has 0 amide bonds. The molecule has 3 aromatic rings. The Labute approximate surface area is 135 Å². The average molecular weight is 349 g/mol. The molecule has 0 atom stereocenters. The van der Waals surface area contributed by atoms with Gasteiger partial charge in [0.25, 0.3) is 0 Å². The third-order valence-electron chi connectivity index (χ3n) is 3.38. The molecule has 3 rings (SSSR count). The van der Waals surface area contributed by atoms with Gasteiger partial charge >= 0.3 is 11.1 Å². The standard InChI is InChI=1S/C15H12FN3O4S/c16-10-3-1-9(2-4-10)8-17-24(22,23)11-5-6-12-13(7-11)19-15(21)14(20)18-12/h1-7,17H,8H2,(H,18,20)(H,19,21). The second-order valence-corrected chi connectivity index (χ2v) is 6.83. The predicted molar refractivity (Wildman–Crippen MR) is 85.6 cm³/mol. The van der Waals surface area contributed by atoms with Gasteiger partial charge in [-0.05, 0) is 35.9 Å². The Morgan fingerprint density at radius 3 is 2.21 bits per heavy atom. The first kappa shape index (κ1) is 16.1.